The predicted molar refractivity (Wildman–Crippen MR) is 115 cm³/mol. The number of carbonyl (C=O) groups is 2. The number of rotatable bonds is 8. The maximum absolute atomic E-state index is 12.8. The molecule has 166 valence electrons. The van der Waals surface area contributed by atoms with Crippen LogP contribution in [0.2, 0.25) is 0 Å². The minimum absolute atomic E-state index is 0.239. The summed E-state index contributed by atoms with van der Waals surface area (Å²) in [5.41, 5.74) is 1.40. The van der Waals surface area contributed by atoms with E-state index >= 15 is 0 Å². The molecule has 0 spiro atoms. The van der Waals surface area contributed by atoms with Gasteiger partial charge in [0.2, 0.25) is 11.7 Å². The summed E-state index contributed by atoms with van der Waals surface area (Å²) in [7, 11) is -4.24. The van der Waals surface area contributed by atoms with E-state index < -0.39 is 45.4 Å². The van der Waals surface area contributed by atoms with Crippen LogP contribution in [0.4, 0.5) is 0 Å². The molecule has 4 N–H and O–H groups in total. The van der Waals surface area contributed by atoms with Crippen LogP contribution in [0.1, 0.15) is 38.1 Å². The zero-order valence-electron chi connectivity index (χ0n) is 16.7. The lowest BCUT2D eigenvalue weighted by molar-refractivity contribution is 0.0925. The van der Waals surface area contributed by atoms with Crippen LogP contribution < -0.4 is 10.6 Å². The first-order chi connectivity index (χ1) is 15.2. The predicted octanol–water partition coefficient (Wildman–Crippen LogP) is 1.32. The monoisotopic (exact) mass is 456 g/mol. The van der Waals surface area contributed by atoms with E-state index in [4.69, 9.17) is 4.55 Å². The quantitative estimate of drug-likeness (QED) is 0.369. The molecule has 1 heterocycles. The highest BCUT2D eigenvalue weighted by Crippen LogP contribution is 2.23. The fourth-order valence-corrected chi connectivity index (χ4v) is 3.23. The standard InChI is InChI=1S/C21H20N4O6S/c26-19(24-17(14-7-3-1-4-8-14)15-9-5-2-6-10-15)16-13-23-18(25-20(16)27)21(28)22-11-12-32(29,30)31/h1-10,13,17H,11-12H2,(H,22,28)(H,24,26)(H,23,25,27)(H,29,30,31). The number of nitrogens with zero attached hydrogens (tertiary/aromatic N) is 2. The molecule has 0 fully saturated rings. The van der Waals surface area contributed by atoms with Crippen LogP contribution in [-0.4, -0.2) is 52.2 Å². The Bertz CT molecular complexity index is 1160. The highest BCUT2D eigenvalue weighted by molar-refractivity contribution is 7.85. The summed E-state index contributed by atoms with van der Waals surface area (Å²) in [6.45, 7) is -0.375. The fourth-order valence-electron chi connectivity index (χ4n) is 2.87. The molecule has 0 atom stereocenters. The first-order valence-electron chi connectivity index (χ1n) is 9.45. The summed E-state index contributed by atoms with van der Waals surface area (Å²) in [6, 6.07) is 18.0. The Morgan fingerprint density at radius 3 is 2.00 bits per heavy atom. The van der Waals surface area contributed by atoms with Gasteiger partial charge in [-0.15, -0.1) is 0 Å². The summed E-state index contributed by atoms with van der Waals surface area (Å²) < 4.78 is 30.1. The maximum Gasteiger partial charge on any atom is 0.289 e. The van der Waals surface area contributed by atoms with Crippen molar-refractivity contribution in [3.05, 3.63) is 89.4 Å². The van der Waals surface area contributed by atoms with E-state index in [2.05, 4.69) is 20.6 Å². The summed E-state index contributed by atoms with van der Waals surface area (Å²) in [5.74, 6) is -3.39. The molecule has 0 aliphatic rings. The number of nitrogens with one attached hydrogen (secondary N) is 2. The van der Waals surface area contributed by atoms with Crippen molar-refractivity contribution in [2.24, 2.45) is 0 Å². The molecule has 0 aliphatic heterocycles. The lowest BCUT2D eigenvalue weighted by atomic mass is 9.98. The van der Waals surface area contributed by atoms with Crippen LogP contribution in [0.25, 0.3) is 0 Å². The molecular weight excluding hydrogens is 436 g/mol. The first-order valence-corrected chi connectivity index (χ1v) is 11.1. The Morgan fingerprint density at radius 2 is 1.50 bits per heavy atom. The Morgan fingerprint density at radius 1 is 0.938 bits per heavy atom. The van der Waals surface area contributed by atoms with Gasteiger partial charge in [-0.05, 0) is 11.1 Å². The lowest BCUT2D eigenvalue weighted by Gasteiger charge is -2.20. The van der Waals surface area contributed by atoms with E-state index in [9.17, 15) is 23.1 Å². The van der Waals surface area contributed by atoms with Gasteiger partial charge in [0, 0.05) is 12.7 Å². The number of aromatic nitrogens is 2. The topological polar surface area (TPSA) is 159 Å². The van der Waals surface area contributed by atoms with Crippen LogP contribution in [0, 0.1) is 0 Å². The van der Waals surface area contributed by atoms with Crippen LogP contribution in [-0.2, 0) is 10.1 Å². The third-order valence-corrected chi connectivity index (χ3v) is 5.12. The number of carbonyl (C=O) groups excluding carboxylic acids is 2. The summed E-state index contributed by atoms with van der Waals surface area (Å²) >= 11 is 0. The molecule has 0 bridgehead atoms. The van der Waals surface area contributed by atoms with Crippen LogP contribution in [0.3, 0.4) is 0 Å². The van der Waals surface area contributed by atoms with E-state index in [0.717, 1.165) is 17.3 Å². The molecule has 2 amide bonds. The van der Waals surface area contributed by atoms with Crippen LogP contribution >= 0.6 is 0 Å². The minimum Gasteiger partial charge on any atom is -0.493 e. The second kappa shape index (κ2) is 9.98. The average molecular weight is 456 g/mol. The Labute approximate surface area is 184 Å². The molecular formula is C21H20N4O6S. The molecule has 10 nitrogen and oxygen atoms in total. The zero-order chi connectivity index (χ0) is 23.1. The number of benzene rings is 2. The van der Waals surface area contributed by atoms with Crippen molar-refractivity contribution < 1.29 is 27.7 Å². The van der Waals surface area contributed by atoms with E-state index in [1.807, 2.05) is 60.7 Å². The molecule has 11 heteroatoms. The molecule has 32 heavy (non-hydrogen) atoms. The third-order valence-electron chi connectivity index (χ3n) is 4.40. The fraction of sp³-hybridized carbons (Fsp3) is 0.143. The van der Waals surface area contributed by atoms with Gasteiger partial charge in [-0.3, -0.25) is 14.1 Å². The summed E-state index contributed by atoms with van der Waals surface area (Å²) in [4.78, 5) is 32.2. The van der Waals surface area contributed by atoms with Crippen molar-refractivity contribution in [2.75, 3.05) is 12.3 Å². The highest BCUT2D eigenvalue weighted by atomic mass is 32.2. The van der Waals surface area contributed by atoms with Gasteiger partial charge in [0.15, 0.2) is 0 Å². The van der Waals surface area contributed by atoms with Gasteiger partial charge in [0.25, 0.3) is 21.9 Å². The van der Waals surface area contributed by atoms with Gasteiger partial charge in [0.1, 0.15) is 5.56 Å². The van der Waals surface area contributed by atoms with Gasteiger partial charge >= 0.3 is 0 Å². The zero-order valence-corrected chi connectivity index (χ0v) is 17.5. The van der Waals surface area contributed by atoms with Crippen molar-refractivity contribution >= 4 is 21.9 Å². The third kappa shape index (κ3) is 6.09. The first kappa shape index (κ1) is 22.8. The number of aromatic hydroxyl groups is 1. The van der Waals surface area contributed by atoms with E-state index in [1.165, 1.54) is 0 Å². The van der Waals surface area contributed by atoms with Crippen molar-refractivity contribution in [1.82, 2.24) is 20.6 Å². The van der Waals surface area contributed by atoms with Gasteiger partial charge in [-0.1, -0.05) is 60.7 Å². The molecule has 0 radical (unpaired) electrons. The normalized spacial score (nSPS) is 11.2. The highest BCUT2D eigenvalue weighted by Gasteiger charge is 2.22. The second-order valence-corrected chi connectivity index (χ2v) is 8.27. The Hall–Kier alpha value is -3.83. The van der Waals surface area contributed by atoms with Crippen molar-refractivity contribution in [2.45, 2.75) is 6.04 Å². The molecule has 0 unspecified atom stereocenters. The minimum atomic E-state index is -4.24. The van der Waals surface area contributed by atoms with E-state index in [1.54, 1.807) is 0 Å². The van der Waals surface area contributed by atoms with Gasteiger partial charge < -0.3 is 15.7 Å². The van der Waals surface area contributed by atoms with Crippen molar-refractivity contribution in [3.8, 4) is 5.88 Å². The largest absolute Gasteiger partial charge is 0.493 e. The molecule has 3 rings (SSSR count). The summed E-state index contributed by atoms with van der Waals surface area (Å²) in [6.07, 6.45) is 1.00. The van der Waals surface area contributed by atoms with Gasteiger partial charge in [-0.25, -0.2) is 4.98 Å². The van der Waals surface area contributed by atoms with E-state index in [-0.39, 0.29) is 12.1 Å². The summed E-state index contributed by atoms with van der Waals surface area (Å²) in [5, 5.41) is 15.2. The molecule has 3 aromatic rings. The molecule has 1 aromatic heterocycles. The SMILES string of the molecule is O=C(NCCS(=O)(=O)O)c1ncc(C(=O)NC(c2ccccc2)c2ccccc2)c(O)n1. The Kier molecular flexibility index (Phi) is 7.13. The van der Waals surface area contributed by atoms with Gasteiger partial charge in [0.05, 0.1) is 11.8 Å². The van der Waals surface area contributed by atoms with Crippen molar-refractivity contribution in [3.63, 3.8) is 0 Å². The Balaban J connectivity index is 1.77. The maximum atomic E-state index is 12.8. The number of hydrogen-bond acceptors (Lipinski definition) is 7. The molecule has 0 saturated heterocycles. The van der Waals surface area contributed by atoms with Crippen molar-refractivity contribution in [1.29, 1.82) is 0 Å². The molecule has 2 aromatic carbocycles. The number of hydrogen-bond donors (Lipinski definition) is 4. The van der Waals surface area contributed by atoms with Gasteiger partial charge in [-0.2, -0.15) is 13.4 Å². The second-order valence-electron chi connectivity index (χ2n) is 6.70. The molecule has 0 aliphatic carbocycles. The number of amides is 2. The van der Waals surface area contributed by atoms with Crippen LogP contribution in [0.15, 0.2) is 66.9 Å². The lowest BCUT2D eigenvalue weighted by Crippen LogP contribution is -2.31. The molecule has 0 saturated carbocycles. The van der Waals surface area contributed by atoms with E-state index in [0.29, 0.717) is 0 Å². The smallest absolute Gasteiger partial charge is 0.289 e. The average Bonchev–Trinajstić information content (AvgIpc) is 2.77. The van der Waals surface area contributed by atoms with Crippen LogP contribution in [0.5, 0.6) is 5.88 Å².